The summed E-state index contributed by atoms with van der Waals surface area (Å²) in [4.78, 5) is 10.9. The molecule has 72 valence electrons. The third-order valence-electron chi connectivity index (χ3n) is 1.75. The minimum Gasteiger partial charge on any atom is -0.300 e. The summed E-state index contributed by atoms with van der Waals surface area (Å²) in [6.07, 6.45) is 0.699. The van der Waals surface area contributed by atoms with Crippen molar-refractivity contribution in [2.75, 3.05) is 0 Å². The molecule has 1 rings (SSSR count). The van der Waals surface area contributed by atoms with E-state index in [0.717, 1.165) is 11.1 Å². The van der Waals surface area contributed by atoms with Gasteiger partial charge >= 0.3 is 0 Å². The van der Waals surface area contributed by atoms with Crippen LogP contribution in [0.3, 0.4) is 0 Å². The first-order valence-electron chi connectivity index (χ1n) is 4.26. The molecule has 0 atom stereocenters. The lowest BCUT2D eigenvalue weighted by Gasteiger charge is -2.02. The molecule has 0 saturated carbocycles. The van der Waals surface area contributed by atoms with Crippen molar-refractivity contribution in [3.05, 3.63) is 34.3 Å². The molecule has 0 bridgehead atoms. The van der Waals surface area contributed by atoms with Crippen LogP contribution in [0.5, 0.6) is 0 Å². The van der Waals surface area contributed by atoms with Gasteiger partial charge in [0.1, 0.15) is 5.78 Å². The summed E-state index contributed by atoms with van der Waals surface area (Å²) in [6.45, 7) is 1.53. The number of ketones is 1. The highest BCUT2D eigenvalue weighted by Crippen LogP contribution is 2.16. The van der Waals surface area contributed by atoms with Crippen molar-refractivity contribution >= 4 is 17.4 Å². The van der Waals surface area contributed by atoms with Crippen LogP contribution in [0.2, 0.25) is 5.02 Å². The Balaban J connectivity index is 2.96. The van der Waals surface area contributed by atoms with Crippen LogP contribution < -0.4 is 0 Å². The van der Waals surface area contributed by atoms with Gasteiger partial charge in [0.15, 0.2) is 0 Å². The Bertz CT molecular complexity index is 393. The third kappa shape index (κ3) is 3.20. The number of rotatable bonds is 3. The van der Waals surface area contributed by atoms with Crippen molar-refractivity contribution in [2.24, 2.45) is 0 Å². The highest BCUT2D eigenvalue weighted by atomic mass is 35.5. The molecule has 1 aromatic carbocycles. The van der Waals surface area contributed by atoms with Crippen LogP contribution in [0.15, 0.2) is 18.2 Å². The number of benzene rings is 1. The van der Waals surface area contributed by atoms with Gasteiger partial charge in [-0.1, -0.05) is 17.7 Å². The lowest BCUT2D eigenvalue weighted by molar-refractivity contribution is -0.116. The predicted octanol–water partition coefficient (Wildman–Crippen LogP) is 2.54. The van der Waals surface area contributed by atoms with Crippen molar-refractivity contribution in [1.29, 1.82) is 5.26 Å². The molecule has 2 nitrogen and oxygen atoms in total. The molecule has 0 unspecified atom stereocenters. The van der Waals surface area contributed by atoms with Crippen LogP contribution in [-0.4, -0.2) is 5.78 Å². The van der Waals surface area contributed by atoms with Gasteiger partial charge < -0.3 is 0 Å². The van der Waals surface area contributed by atoms with Gasteiger partial charge in [0.25, 0.3) is 0 Å². The summed E-state index contributed by atoms with van der Waals surface area (Å²) in [5.41, 5.74) is 1.73. The Hall–Kier alpha value is -1.33. The summed E-state index contributed by atoms with van der Waals surface area (Å²) in [6, 6.07) is 7.39. The first-order chi connectivity index (χ1) is 6.61. The fourth-order valence-electron chi connectivity index (χ4n) is 1.30. The minimum atomic E-state index is 0.0928. The highest BCUT2D eigenvalue weighted by Gasteiger charge is 2.02. The van der Waals surface area contributed by atoms with Gasteiger partial charge in [0, 0.05) is 11.4 Å². The molecule has 3 heteroatoms. The fraction of sp³-hybridized carbons (Fsp3) is 0.273. The van der Waals surface area contributed by atoms with Gasteiger partial charge in [0.2, 0.25) is 0 Å². The summed E-state index contributed by atoms with van der Waals surface area (Å²) < 4.78 is 0. The van der Waals surface area contributed by atoms with E-state index in [4.69, 9.17) is 16.9 Å². The molecule has 0 aromatic heterocycles. The van der Waals surface area contributed by atoms with E-state index in [0.29, 0.717) is 17.9 Å². The third-order valence-corrected chi connectivity index (χ3v) is 1.97. The van der Waals surface area contributed by atoms with Crippen LogP contribution in [-0.2, 0) is 17.6 Å². The molecule has 0 aliphatic carbocycles. The Kier molecular flexibility index (Phi) is 3.67. The van der Waals surface area contributed by atoms with Crippen LogP contribution in [0, 0.1) is 11.3 Å². The number of halogens is 1. The molecule has 0 saturated heterocycles. The summed E-state index contributed by atoms with van der Waals surface area (Å²) in [7, 11) is 0. The van der Waals surface area contributed by atoms with Crippen LogP contribution in [0.4, 0.5) is 0 Å². The monoisotopic (exact) mass is 207 g/mol. The summed E-state index contributed by atoms with van der Waals surface area (Å²) in [5.74, 6) is 0.0928. The SMILES string of the molecule is CC(=O)Cc1cc(Cl)cc(CC#N)c1. The van der Waals surface area contributed by atoms with E-state index in [2.05, 4.69) is 0 Å². The Morgan fingerprint density at radius 2 is 2.07 bits per heavy atom. The number of nitriles is 1. The molecule has 0 fully saturated rings. The number of hydrogen-bond donors (Lipinski definition) is 0. The summed E-state index contributed by atoms with van der Waals surface area (Å²) >= 11 is 5.85. The fourth-order valence-corrected chi connectivity index (χ4v) is 1.58. The molecule has 0 radical (unpaired) electrons. The van der Waals surface area contributed by atoms with Gasteiger partial charge in [0.05, 0.1) is 12.5 Å². The normalized spacial score (nSPS) is 9.50. The zero-order valence-corrected chi connectivity index (χ0v) is 8.64. The number of nitrogens with zero attached hydrogens (tertiary/aromatic N) is 1. The average Bonchev–Trinajstić information content (AvgIpc) is 2.01. The Morgan fingerprint density at radius 1 is 1.43 bits per heavy atom. The van der Waals surface area contributed by atoms with E-state index >= 15 is 0 Å². The molecular weight excluding hydrogens is 198 g/mol. The quantitative estimate of drug-likeness (QED) is 0.764. The maximum Gasteiger partial charge on any atom is 0.134 e. The Labute approximate surface area is 88.1 Å². The molecule has 0 heterocycles. The molecule has 0 spiro atoms. The number of carbonyl (C=O) groups is 1. The van der Waals surface area contributed by atoms with Gasteiger partial charge in [-0.25, -0.2) is 0 Å². The van der Waals surface area contributed by atoms with Crippen molar-refractivity contribution < 1.29 is 4.79 Å². The molecular formula is C11H10ClNO. The molecule has 14 heavy (non-hydrogen) atoms. The largest absolute Gasteiger partial charge is 0.300 e. The lowest BCUT2D eigenvalue weighted by Crippen LogP contribution is -1.97. The van der Waals surface area contributed by atoms with Crippen LogP contribution >= 0.6 is 11.6 Å². The van der Waals surface area contributed by atoms with Crippen molar-refractivity contribution in [2.45, 2.75) is 19.8 Å². The second-order valence-corrected chi connectivity index (χ2v) is 3.62. The second-order valence-electron chi connectivity index (χ2n) is 3.18. The van der Waals surface area contributed by atoms with Crippen LogP contribution in [0.25, 0.3) is 0 Å². The van der Waals surface area contributed by atoms with Gasteiger partial charge in [-0.3, -0.25) is 4.79 Å². The van der Waals surface area contributed by atoms with E-state index in [-0.39, 0.29) is 5.78 Å². The first kappa shape index (κ1) is 10.7. The van der Waals surface area contributed by atoms with E-state index in [1.165, 1.54) is 6.92 Å². The summed E-state index contributed by atoms with van der Waals surface area (Å²) in [5, 5.41) is 9.10. The molecule has 0 aliphatic rings. The van der Waals surface area contributed by atoms with Crippen molar-refractivity contribution in [1.82, 2.24) is 0 Å². The van der Waals surface area contributed by atoms with Crippen molar-refractivity contribution in [3.63, 3.8) is 0 Å². The minimum absolute atomic E-state index is 0.0928. The standard InChI is InChI=1S/C11H10ClNO/c1-8(14)4-10-5-9(2-3-13)6-11(12)7-10/h5-7H,2,4H2,1H3. The van der Waals surface area contributed by atoms with Crippen LogP contribution in [0.1, 0.15) is 18.1 Å². The second kappa shape index (κ2) is 4.78. The van der Waals surface area contributed by atoms with Crippen molar-refractivity contribution in [3.8, 4) is 6.07 Å². The lowest BCUT2D eigenvalue weighted by atomic mass is 10.0. The van der Waals surface area contributed by atoms with E-state index < -0.39 is 0 Å². The molecule has 0 amide bonds. The van der Waals surface area contributed by atoms with Gasteiger partial charge in [-0.05, 0) is 30.2 Å². The van der Waals surface area contributed by atoms with E-state index in [1.54, 1.807) is 12.1 Å². The maximum atomic E-state index is 10.9. The predicted molar refractivity (Wildman–Crippen MR) is 55.2 cm³/mol. The number of carbonyl (C=O) groups excluding carboxylic acids is 1. The number of Topliss-reactive ketones (excluding diaryl/α,β-unsaturated/α-hetero) is 1. The Morgan fingerprint density at radius 3 is 2.64 bits per heavy atom. The first-order valence-corrected chi connectivity index (χ1v) is 4.64. The topological polar surface area (TPSA) is 40.9 Å². The zero-order chi connectivity index (χ0) is 10.6. The van der Waals surface area contributed by atoms with E-state index in [1.807, 2.05) is 12.1 Å². The van der Waals surface area contributed by atoms with Gasteiger partial charge in [-0.2, -0.15) is 5.26 Å². The zero-order valence-electron chi connectivity index (χ0n) is 7.88. The molecule has 0 N–H and O–H groups in total. The smallest absolute Gasteiger partial charge is 0.134 e. The van der Waals surface area contributed by atoms with Gasteiger partial charge in [-0.15, -0.1) is 0 Å². The van der Waals surface area contributed by atoms with E-state index in [9.17, 15) is 4.79 Å². The number of hydrogen-bond acceptors (Lipinski definition) is 2. The molecule has 0 aliphatic heterocycles. The highest BCUT2D eigenvalue weighted by molar-refractivity contribution is 6.30. The molecule has 1 aromatic rings. The maximum absolute atomic E-state index is 10.9. The average molecular weight is 208 g/mol.